The molecule has 156 valence electrons. The van der Waals surface area contributed by atoms with Crippen molar-refractivity contribution in [1.82, 2.24) is 0 Å². The molecule has 1 aromatic rings. The molecule has 0 aliphatic carbocycles. The third-order valence-corrected chi connectivity index (χ3v) is 10.5. The first-order chi connectivity index (χ1) is 13.0. The van der Waals surface area contributed by atoms with E-state index in [0.717, 1.165) is 38.0 Å². The first kappa shape index (κ1) is 24.3. The van der Waals surface area contributed by atoms with Crippen LogP contribution in [0.3, 0.4) is 0 Å². The molecule has 0 fully saturated rings. The summed E-state index contributed by atoms with van der Waals surface area (Å²) in [4.78, 5) is 2.36. The van der Waals surface area contributed by atoms with E-state index in [9.17, 15) is 0 Å². The van der Waals surface area contributed by atoms with Gasteiger partial charge >= 0.3 is 17.6 Å². The van der Waals surface area contributed by atoms with Gasteiger partial charge in [-0.05, 0) is 25.0 Å². The van der Waals surface area contributed by atoms with Crippen LogP contribution in [0.5, 0.6) is 0 Å². The van der Waals surface area contributed by atoms with Crippen molar-refractivity contribution in [1.29, 1.82) is 0 Å². The van der Waals surface area contributed by atoms with Crippen LogP contribution in [0.2, 0.25) is 12.1 Å². The molecule has 0 radical (unpaired) electrons. The minimum atomic E-state index is -2.54. The van der Waals surface area contributed by atoms with Gasteiger partial charge in [-0.1, -0.05) is 18.2 Å². The maximum atomic E-state index is 5.53. The van der Waals surface area contributed by atoms with Crippen LogP contribution in [0.4, 0.5) is 5.69 Å². The minimum Gasteiger partial charge on any atom is -0.377 e. The highest BCUT2D eigenvalue weighted by molar-refractivity contribution is 6.60. The van der Waals surface area contributed by atoms with Crippen molar-refractivity contribution >= 4 is 23.3 Å². The molecule has 7 nitrogen and oxygen atoms in total. The zero-order chi connectivity index (χ0) is 20.2. The van der Waals surface area contributed by atoms with E-state index in [1.807, 2.05) is 6.07 Å². The SMILES string of the molecule is CO[Si](CCCN(CCC[Si](OC)(OC)OC)c1ccccc1)(OC)OC. The molecule has 0 aromatic heterocycles. The summed E-state index contributed by atoms with van der Waals surface area (Å²) in [7, 11) is 4.82. The van der Waals surface area contributed by atoms with Gasteiger partial charge in [0.05, 0.1) is 0 Å². The van der Waals surface area contributed by atoms with Crippen LogP contribution in [0.25, 0.3) is 0 Å². The summed E-state index contributed by atoms with van der Waals surface area (Å²) >= 11 is 0. The Hall–Kier alpha value is -0.786. The standard InChI is InChI=1S/C18H35NO6Si2/c1-20-26(21-2,22-3)16-10-14-19(18-12-8-7-9-13-18)15-11-17-27(23-4,24-5)25-6/h7-9,12-13H,10-11,14-17H2,1-6H3. The molecule has 0 aliphatic rings. The topological polar surface area (TPSA) is 58.6 Å². The third-order valence-electron chi connectivity index (χ3n) is 4.81. The minimum absolute atomic E-state index is 0.771. The van der Waals surface area contributed by atoms with Gasteiger partial charge in [-0.2, -0.15) is 0 Å². The molecule has 0 bridgehead atoms. The van der Waals surface area contributed by atoms with Gasteiger partial charge in [-0.25, -0.2) is 0 Å². The first-order valence-electron chi connectivity index (χ1n) is 9.15. The lowest BCUT2D eigenvalue weighted by Gasteiger charge is -2.29. The summed E-state index contributed by atoms with van der Waals surface area (Å²) in [6.45, 7) is 1.77. The van der Waals surface area contributed by atoms with Crippen LogP contribution < -0.4 is 4.90 Å². The molecular weight excluding hydrogens is 382 g/mol. The predicted octanol–water partition coefficient (Wildman–Crippen LogP) is 3.03. The zero-order valence-corrected chi connectivity index (χ0v) is 19.5. The van der Waals surface area contributed by atoms with Gasteiger partial charge < -0.3 is 31.5 Å². The second kappa shape index (κ2) is 12.6. The van der Waals surface area contributed by atoms with Crippen molar-refractivity contribution in [3.8, 4) is 0 Å². The van der Waals surface area contributed by atoms with Crippen LogP contribution in [0.1, 0.15) is 12.8 Å². The van der Waals surface area contributed by atoms with E-state index >= 15 is 0 Å². The van der Waals surface area contributed by atoms with E-state index in [2.05, 4.69) is 29.2 Å². The van der Waals surface area contributed by atoms with Crippen molar-refractivity contribution in [2.24, 2.45) is 0 Å². The molecule has 0 heterocycles. The number of anilines is 1. The monoisotopic (exact) mass is 417 g/mol. The third kappa shape index (κ3) is 7.28. The Morgan fingerprint density at radius 1 is 0.630 bits per heavy atom. The molecule has 27 heavy (non-hydrogen) atoms. The number of nitrogens with zero attached hydrogens (tertiary/aromatic N) is 1. The highest BCUT2D eigenvalue weighted by Gasteiger charge is 2.38. The van der Waals surface area contributed by atoms with Gasteiger partial charge in [-0.15, -0.1) is 0 Å². The normalized spacial score (nSPS) is 12.4. The Kier molecular flexibility index (Phi) is 11.3. The largest absolute Gasteiger partial charge is 0.500 e. The summed E-state index contributed by atoms with van der Waals surface area (Å²) < 4.78 is 33.2. The van der Waals surface area contributed by atoms with Gasteiger partial charge in [0.25, 0.3) is 0 Å². The van der Waals surface area contributed by atoms with Crippen LogP contribution in [0.15, 0.2) is 30.3 Å². The molecule has 0 N–H and O–H groups in total. The molecule has 0 unspecified atom stereocenters. The highest BCUT2D eigenvalue weighted by Crippen LogP contribution is 2.21. The maximum Gasteiger partial charge on any atom is 0.500 e. The fourth-order valence-corrected chi connectivity index (χ4v) is 6.50. The number of benzene rings is 1. The lowest BCUT2D eigenvalue weighted by molar-refractivity contribution is 0.123. The summed E-state index contributed by atoms with van der Waals surface area (Å²) in [6.07, 6.45) is 1.83. The van der Waals surface area contributed by atoms with E-state index in [-0.39, 0.29) is 0 Å². The molecule has 0 amide bonds. The van der Waals surface area contributed by atoms with E-state index < -0.39 is 17.6 Å². The Labute approximate surface area is 166 Å². The van der Waals surface area contributed by atoms with Crippen molar-refractivity contribution in [3.63, 3.8) is 0 Å². The number of rotatable bonds is 15. The summed E-state index contributed by atoms with van der Waals surface area (Å²) in [6, 6.07) is 11.9. The zero-order valence-electron chi connectivity index (χ0n) is 17.5. The van der Waals surface area contributed by atoms with Crippen LogP contribution in [0, 0.1) is 0 Å². The van der Waals surface area contributed by atoms with Crippen molar-refractivity contribution in [3.05, 3.63) is 30.3 Å². The molecule has 0 aliphatic heterocycles. The number of para-hydroxylation sites is 1. The van der Waals surface area contributed by atoms with Gasteiger partial charge in [-0.3, -0.25) is 0 Å². The second-order valence-electron chi connectivity index (χ2n) is 6.12. The van der Waals surface area contributed by atoms with E-state index in [1.165, 1.54) is 5.69 Å². The maximum absolute atomic E-state index is 5.53. The summed E-state index contributed by atoms with van der Waals surface area (Å²) in [5.74, 6) is 0. The summed E-state index contributed by atoms with van der Waals surface area (Å²) in [5.41, 5.74) is 1.19. The fourth-order valence-electron chi connectivity index (χ4n) is 3.09. The van der Waals surface area contributed by atoms with Crippen molar-refractivity contribution in [2.75, 3.05) is 60.6 Å². The fraction of sp³-hybridized carbons (Fsp3) is 0.667. The van der Waals surface area contributed by atoms with Crippen LogP contribution >= 0.6 is 0 Å². The average Bonchev–Trinajstić information content (AvgIpc) is 2.74. The van der Waals surface area contributed by atoms with Gasteiger partial charge in [0.1, 0.15) is 0 Å². The van der Waals surface area contributed by atoms with Crippen LogP contribution in [-0.4, -0.2) is 73.4 Å². The smallest absolute Gasteiger partial charge is 0.377 e. The quantitative estimate of drug-likeness (QED) is 0.407. The lowest BCUT2D eigenvalue weighted by Crippen LogP contribution is -2.44. The molecule has 9 heteroatoms. The lowest BCUT2D eigenvalue weighted by atomic mass is 10.2. The molecule has 0 saturated heterocycles. The summed E-state index contributed by atoms with van der Waals surface area (Å²) in [5, 5.41) is 0. The van der Waals surface area contributed by atoms with E-state index in [4.69, 9.17) is 26.6 Å². The molecule has 0 spiro atoms. The van der Waals surface area contributed by atoms with Crippen molar-refractivity contribution < 1.29 is 26.6 Å². The van der Waals surface area contributed by atoms with Crippen molar-refractivity contribution in [2.45, 2.75) is 24.9 Å². The average molecular weight is 418 g/mol. The molecular formula is C18H35NO6Si2. The Morgan fingerprint density at radius 2 is 1.00 bits per heavy atom. The molecule has 0 saturated carbocycles. The molecule has 1 rings (SSSR count). The predicted molar refractivity (Wildman–Crippen MR) is 111 cm³/mol. The van der Waals surface area contributed by atoms with Gasteiger partial charge in [0, 0.05) is 73.5 Å². The second-order valence-corrected chi connectivity index (χ2v) is 12.3. The van der Waals surface area contributed by atoms with Gasteiger partial charge in [0.15, 0.2) is 0 Å². The number of hydrogen-bond donors (Lipinski definition) is 0. The van der Waals surface area contributed by atoms with E-state index in [1.54, 1.807) is 42.7 Å². The Morgan fingerprint density at radius 3 is 1.33 bits per heavy atom. The molecule has 1 aromatic carbocycles. The van der Waals surface area contributed by atoms with Gasteiger partial charge in [0.2, 0.25) is 0 Å². The molecule has 0 atom stereocenters. The Bertz CT molecular complexity index is 457. The first-order valence-corrected chi connectivity index (χ1v) is 13.0. The van der Waals surface area contributed by atoms with Crippen LogP contribution in [-0.2, 0) is 26.6 Å². The highest BCUT2D eigenvalue weighted by atomic mass is 28.4. The number of hydrogen-bond acceptors (Lipinski definition) is 7. The Balaban J connectivity index is 2.69. The van der Waals surface area contributed by atoms with E-state index in [0.29, 0.717) is 0 Å².